The number of hydrogen-bond donors (Lipinski definition) is 2. The molecule has 1 unspecified atom stereocenters. The first-order chi connectivity index (χ1) is 5.07. The van der Waals surface area contributed by atoms with E-state index in [0.717, 1.165) is 6.42 Å². The number of hydrogen-bond acceptors (Lipinski definition) is 3. The van der Waals surface area contributed by atoms with Crippen molar-refractivity contribution in [2.75, 3.05) is 6.54 Å². The molecule has 0 radical (unpaired) electrons. The molecule has 0 amide bonds. The fourth-order valence-electron chi connectivity index (χ4n) is 0.487. The van der Waals surface area contributed by atoms with Crippen molar-refractivity contribution in [3.8, 4) is 0 Å². The van der Waals surface area contributed by atoms with Gasteiger partial charge in [0.2, 0.25) is 0 Å². The second kappa shape index (κ2) is 4.85. The van der Waals surface area contributed by atoms with Crippen molar-refractivity contribution < 1.29 is 14.7 Å². The van der Waals surface area contributed by atoms with Crippen molar-refractivity contribution in [2.24, 2.45) is 0 Å². The van der Waals surface area contributed by atoms with Gasteiger partial charge in [-0.25, -0.2) is 4.79 Å². The molecule has 0 heterocycles. The molecule has 4 nitrogen and oxygen atoms in total. The van der Waals surface area contributed by atoms with E-state index in [1.165, 1.54) is 0 Å². The Morgan fingerprint density at radius 3 is 2.45 bits per heavy atom. The molecule has 0 aromatic heterocycles. The van der Waals surface area contributed by atoms with E-state index in [1.807, 2.05) is 13.8 Å². The van der Waals surface area contributed by atoms with Crippen molar-refractivity contribution in [1.82, 2.24) is 5.32 Å². The fraction of sp³-hybridized carbons (Fsp3) is 0.714. The molecule has 0 bridgehead atoms. The lowest BCUT2D eigenvalue weighted by Gasteiger charge is -2.07. The van der Waals surface area contributed by atoms with Crippen LogP contribution in [0.1, 0.15) is 20.3 Å². The Kier molecular flexibility index (Phi) is 4.45. The lowest BCUT2D eigenvalue weighted by Crippen LogP contribution is -2.34. The van der Waals surface area contributed by atoms with Crippen LogP contribution in [0.3, 0.4) is 0 Å². The summed E-state index contributed by atoms with van der Waals surface area (Å²) in [5, 5.41) is 11.0. The molecule has 2 N–H and O–H groups in total. The third-order valence-electron chi connectivity index (χ3n) is 1.46. The highest BCUT2D eigenvalue weighted by Crippen LogP contribution is 1.86. The lowest BCUT2D eigenvalue weighted by atomic mass is 10.2. The first-order valence-electron chi connectivity index (χ1n) is 3.57. The first kappa shape index (κ1) is 10.1. The maximum absolute atomic E-state index is 10.5. The van der Waals surface area contributed by atoms with Gasteiger partial charge in [-0.3, -0.25) is 4.79 Å². The number of nitrogens with one attached hydrogen (secondary N) is 1. The molecule has 0 aliphatic heterocycles. The number of carboxylic acids is 1. The molecule has 0 aliphatic rings. The van der Waals surface area contributed by atoms with Crippen LogP contribution in [-0.2, 0) is 9.59 Å². The van der Waals surface area contributed by atoms with E-state index in [1.54, 1.807) is 0 Å². The summed E-state index contributed by atoms with van der Waals surface area (Å²) in [6.45, 7) is 3.78. The molecule has 0 aliphatic carbocycles. The number of carboxylic acid groups (broad SMARTS) is 1. The number of aliphatic carboxylic acids is 1. The van der Waals surface area contributed by atoms with Crippen LogP contribution in [0.25, 0.3) is 0 Å². The molecule has 64 valence electrons. The Morgan fingerprint density at radius 1 is 1.55 bits per heavy atom. The third kappa shape index (κ3) is 4.50. The van der Waals surface area contributed by atoms with Crippen molar-refractivity contribution in [1.29, 1.82) is 0 Å². The minimum absolute atomic E-state index is 0.0790. The zero-order valence-electron chi connectivity index (χ0n) is 6.76. The summed E-state index contributed by atoms with van der Waals surface area (Å²) in [6, 6.07) is 0.193. The van der Waals surface area contributed by atoms with Gasteiger partial charge in [-0.2, -0.15) is 0 Å². The maximum Gasteiger partial charge on any atom is 0.373 e. The van der Waals surface area contributed by atoms with Gasteiger partial charge in [0.1, 0.15) is 0 Å². The SMILES string of the molecule is CCC(C)NCC(=O)C(=O)O. The second-order valence-electron chi connectivity index (χ2n) is 2.42. The van der Waals surface area contributed by atoms with Gasteiger partial charge in [-0.15, -0.1) is 0 Å². The van der Waals surface area contributed by atoms with Crippen LogP contribution < -0.4 is 5.32 Å². The van der Waals surface area contributed by atoms with Gasteiger partial charge < -0.3 is 10.4 Å². The Hall–Kier alpha value is -0.900. The molecular weight excluding hydrogens is 146 g/mol. The third-order valence-corrected chi connectivity index (χ3v) is 1.46. The van der Waals surface area contributed by atoms with Crippen LogP contribution in [0, 0.1) is 0 Å². The van der Waals surface area contributed by atoms with Gasteiger partial charge in [0, 0.05) is 6.04 Å². The predicted octanol–water partition coefficient (Wildman–Crippen LogP) is 0.0282. The number of Topliss-reactive ketones (excluding diaryl/α,β-unsaturated/α-hetero) is 1. The highest BCUT2D eigenvalue weighted by Gasteiger charge is 2.10. The van der Waals surface area contributed by atoms with Crippen LogP contribution in [0.15, 0.2) is 0 Å². The molecular formula is C7H13NO3. The summed E-state index contributed by atoms with van der Waals surface area (Å²) in [5.74, 6) is -2.16. The lowest BCUT2D eigenvalue weighted by molar-refractivity contribution is -0.148. The van der Waals surface area contributed by atoms with E-state index in [2.05, 4.69) is 5.32 Å². The molecule has 0 fully saturated rings. The topological polar surface area (TPSA) is 66.4 Å². The van der Waals surface area contributed by atoms with Gasteiger partial charge in [-0.1, -0.05) is 6.92 Å². The van der Waals surface area contributed by atoms with Crippen LogP contribution >= 0.6 is 0 Å². The molecule has 0 rings (SSSR count). The summed E-state index contributed by atoms with van der Waals surface area (Å²) in [5.41, 5.74) is 0. The van der Waals surface area contributed by atoms with Gasteiger partial charge in [0.05, 0.1) is 6.54 Å². The van der Waals surface area contributed by atoms with Crippen LogP contribution in [0.4, 0.5) is 0 Å². The van der Waals surface area contributed by atoms with E-state index in [0.29, 0.717) is 0 Å². The van der Waals surface area contributed by atoms with E-state index in [9.17, 15) is 9.59 Å². The zero-order chi connectivity index (χ0) is 8.85. The predicted molar refractivity (Wildman–Crippen MR) is 40.4 cm³/mol. The fourth-order valence-corrected chi connectivity index (χ4v) is 0.487. The van der Waals surface area contributed by atoms with Crippen LogP contribution in [0.5, 0.6) is 0 Å². The normalized spacial score (nSPS) is 12.5. The molecule has 0 aromatic rings. The van der Waals surface area contributed by atoms with E-state index in [-0.39, 0.29) is 12.6 Å². The molecule has 1 atom stereocenters. The van der Waals surface area contributed by atoms with E-state index in [4.69, 9.17) is 5.11 Å². The second-order valence-corrected chi connectivity index (χ2v) is 2.42. The Labute approximate surface area is 65.6 Å². The van der Waals surface area contributed by atoms with Gasteiger partial charge in [0.15, 0.2) is 0 Å². The van der Waals surface area contributed by atoms with Gasteiger partial charge in [-0.05, 0) is 13.3 Å². The van der Waals surface area contributed by atoms with E-state index < -0.39 is 11.8 Å². The Bertz CT molecular complexity index is 156. The highest BCUT2D eigenvalue weighted by atomic mass is 16.4. The maximum atomic E-state index is 10.5. The smallest absolute Gasteiger partial charge is 0.373 e. The monoisotopic (exact) mass is 159 g/mol. The highest BCUT2D eigenvalue weighted by molar-refractivity contribution is 6.33. The number of carbonyl (C=O) groups excluding carboxylic acids is 1. The molecule has 0 aromatic carbocycles. The molecule has 4 heteroatoms. The Morgan fingerprint density at radius 2 is 2.09 bits per heavy atom. The van der Waals surface area contributed by atoms with Crippen LogP contribution in [-0.4, -0.2) is 29.4 Å². The quantitative estimate of drug-likeness (QED) is 0.555. The summed E-state index contributed by atoms with van der Waals surface area (Å²) in [6.07, 6.45) is 0.882. The molecule has 11 heavy (non-hydrogen) atoms. The Balaban J connectivity index is 3.54. The summed E-state index contributed by atoms with van der Waals surface area (Å²) in [4.78, 5) is 20.5. The number of ketones is 1. The average Bonchev–Trinajstić information content (AvgIpc) is 1.99. The summed E-state index contributed by atoms with van der Waals surface area (Å²) >= 11 is 0. The summed E-state index contributed by atoms with van der Waals surface area (Å²) < 4.78 is 0. The van der Waals surface area contributed by atoms with Crippen LogP contribution in [0.2, 0.25) is 0 Å². The molecule has 0 saturated heterocycles. The molecule has 0 saturated carbocycles. The largest absolute Gasteiger partial charge is 0.475 e. The number of rotatable bonds is 5. The van der Waals surface area contributed by atoms with Gasteiger partial charge >= 0.3 is 5.97 Å². The minimum atomic E-state index is -1.37. The zero-order valence-corrected chi connectivity index (χ0v) is 6.76. The van der Waals surface area contributed by atoms with Crippen molar-refractivity contribution in [2.45, 2.75) is 26.3 Å². The van der Waals surface area contributed by atoms with E-state index >= 15 is 0 Å². The van der Waals surface area contributed by atoms with Crippen molar-refractivity contribution in [3.05, 3.63) is 0 Å². The van der Waals surface area contributed by atoms with Gasteiger partial charge in [0.25, 0.3) is 5.78 Å². The summed E-state index contributed by atoms with van der Waals surface area (Å²) in [7, 11) is 0. The molecule has 0 spiro atoms. The minimum Gasteiger partial charge on any atom is -0.475 e. The first-order valence-corrected chi connectivity index (χ1v) is 3.57. The average molecular weight is 159 g/mol. The van der Waals surface area contributed by atoms with Crippen molar-refractivity contribution in [3.63, 3.8) is 0 Å². The van der Waals surface area contributed by atoms with Crippen molar-refractivity contribution >= 4 is 11.8 Å². The standard InChI is InChI=1S/C7H13NO3/c1-3-5(2)8-4-6(9)7(10)11/h5,8H,3-4H2,1-2H3,(H,10,11). The number of carbonyl (C=O) groups is 2.